The van der Waals surface area contributed by atoms with Crippen LogP contribution in [0.15, 0.2) is 0 Å². The van der Waals surface area contributed by atoms with Gasteiger partial charge in [0.1, 0.15) is 0 Å². The van der Waals surface area contributed by atoms with Crippen LogP contribution in [0.4, 0.5) is 0 Å². The molecule has 0 aromatic heterocycles. The molecule has 2 rings (SSSR count). The maximum Gasteiger partial charge on any atom is 0.0697 e. The molecule has 2 fully saturated rings. The highest BCUT2D eigenvalue weighted by atomic mass is 16.5. The standard InChI is InChI=1S/C15H29NO2/c1-2-14(17)6-10-16-13-7-11-18-15(12-13)8-4-3-5-9-15/h13-14,16-17H,2-12H2,1H3. The fourth-order valence-corrected chi connectivity index (χ4v) is 3.40. The number of hydrogen-bond acceptors (Lipinski definition) is 3. The van der Waals surface area contributed by atoms with Crippen LogP contribution < -0.4 is 5.32 Å². The Bertz CT molecular complexity index is 233. The number of aliphatic hydroxyl groups is 1. The summed E-state index contributed by atoms with van der Waals surface area (Å²) in [4.78, 5) is 0. The molecule has 0 aromatic carbocycles. The van der Waals surface area contributed by atoms with E-state index in [0.29, 0.717) is 6.04 Å². The first kappa shape index (κ1) is 14.3. The number of rotatable bonds is 5. The predicted molar refractivity (Wildman–Crippen MR) is 73.7 cm³/mol. The zero-order chi connectivity index (χ0) is 12.8. The second kappa shape index (κ2) is 6.88. The first-order valence-electron chi connectivity index (χ1n) is 7.79. The van der Waals surface area contributed by atoms with Crippen molar-refractivity contribution in [3.8, 4) is 0 Å². The number of nitrogens with one attached hydrogen (secondary N) is 1. The van der Waals surface area contributed by atoms with Gasteiger partial charge in [-0.25, -0.2) is 0 Å². The lowest BCUT2D eigenvalue weighted by molar-refractivity contribution is -0.109. The van der Waals surface area contributed by atoms with Gasteiger partial charge in [0.05, 0.1) is 11.7 Å². The van der Waals surface area contributed by atoms with Crippen LogP contribution in [0.2, 0.25) is 0 Å². The van der Waals surface area contributed by atoms with Gasteiger partial charge in [-0.1, -0.05) is 26.2 Å². The average Bonchev–Trinajstić information content (AvgIpc) is 2.39. The minimum atomic E-state index is -0.138. The molecule has 1 spiro atoms. The number of aliphatic hydroxyl groups excluding tert-OH is 1. The van der Waals surface area contributed by atoms with Crippen LogP contribution >= 0.6 is 0 Å². The molecule has 3 heteroatoms. The Kier molecular flexibility index (Phi) is 5.46. The monoisotopic (exact) mass is 255 g/mol. The fraction of sp³-hybridized carbons (Fsp3) is 1.00. The lowest BCUT2D eigenvalue weighted by atomic mass is 9.78. The van der Waals surface area contributed by atoms with Crippen molar-refractivity contribution in [1.29, 1.82) is 0 Å². The predicted octanol–water partition coefficient (Wildman–Crippen LogP) is 2.62. The van der Waals surface area contributed by atoms with E-state index in [0.717, 1.165) is 32.4 Å². The minimum Gasteiger partial charge on any atom is -0.393 e. The van der Waals surface area contributed by atoms with Crippen LogP contribution in [-0.4, -0.2) is 36.0 Å². The second-order valence-electron chi connectivity index (χ2n) is 6.09. The molecule has 1 saturated heterocycles. The Balaban J connectivity index is 1.72. The largest absolute Gasteiger partial charge is 0.393 e. The summed E-state index contributed by atoms with van der Waals surface area (Å²) in [7, 11) is 0. The summed E-state index contributed by atoms with van der Waals surface area (Å²) in [6.07, 6.45) is 10.5. The third-order valence-corrected chi connectivity index (χ3v) is 4.64. The van der Waals surface area contributed by atoms with Gasteiger partial charge in [0.15, 0.2) is 0 Å². The Morgan fingerprint density at radius 2 is 2.11 bits per heavy atom. The maximum absolute atomic E-state index is 9.56. The highest BCUT2D eigenvalue weighted by molar-refractivity contribution is 4.92. The molecule has 1 saturated carbocycles. The van der Waals surface area contributed by atoms with Crippen LogP contribution in [0, 0.1) is 0 Å². The van der Waals surface area contributed by atoms with Crippen LogP contribution in [0.1, 0.15) is 64.7 Å². The van der Waals surface area contributed by atoms with Crippen molar-refractivity contribution in [2.75, 3.05) is 13.2 Å². The first-order valence-corrected chi connectivity index (χ1v) is 7.79. The summed E-state index contributed by atoms with van der Waals surface area (Å²) in [5, 5.41) is 13.2. The first-order chi connectivity index (χ1) is 8.74. The summed E-state index contributed by atoms with van der Waals surface area (Å²) in [5.74, 6) is 0. The SMILES string of the molecule is CCC(O)CCNC1CCOC2(CCCCC2)C1. The molecular formula is C15H29NO2. The van der Waals surface area contributed by atoms with Crippen LogP contribution in [0.5, 0.6) is 0 Å². The molecule has 3 nitrogen and oxygen atoms in total. The fourth-order valence-electron chi connectivity index (χ4n) is 3.40. The van der Waals surface area contributed by atoms with Crippen molar-refractivity contribution in [3.63, 3.8) is 0 Å². The molecule has 1 aliphatic carbocycles. The Labute approximate surface area is 111 Å². The third-order valence-electron chi connectivity index (χ3n) is 4.64. The van der Waals surface area contributed by atoms with E-state index in [2.05, 4.69) is 5.32 Å². The maximum atomic E-state index is 9.56. The summed E-state index contributed by atoms with van der Waals surface area (Å²) in [6, 6.07) is 0.598. The Hall–Kier alpha value is -0.120. The zero-order valence-electron chi connectivity index (χ0n) is 11.8. The van der Waals surface area contributed by atoms with E-state index >= 15 is 0 Å². The molecule has 1 aliphatic heterocycles. The lowest BCUT2D eigenvalue weighted by Crippen LogP contribution is -2.48. The molecule has 18 heavy (non-hydrogen) atoms. The van der Waals surface area contributed by atoms with Gasteiger partial charge in [-0.3, -0.25) is 0 Å². The number of hydrogen-bond donors (Lipinski definition) is 2. The molecule has 2 aliphatic rings. The molecule has 0 aromatic rings. The molecule has 0 bridgehead atoms. The lowest BCUT2D eigenvalue weighted by Gasteiger charge is -2.43. The Morgan fingerprint density at radius 3 is 2.83 bits per heavy atom. The van der Waals surface area contributed by atoms with Gasteiger partial charge in [-0.15, -0.1) is 0 Å². The van der Waals surface area contributed by atoms with Crippen LogP contribution in [0.25, 0.3) is 0 Å². The van der Waals surface area contributed by atoms with Crippen molar-refractivity contribution in [2.45, 2.75) is 82.5 Å². The third kappa shape index (κ3) is 3.94. The van der Waals surface area contributed by atoms with Gasteiger partial charge in [-0.2, -0.15) is 0 Å². The molecular weight excluding hydrogens is 226 g/mol. The quantitative estimate of drug-likeness (QED) is 0.793. The van der Waals surface area contributed by atoms with E-state index in [1.54, 1.807) is 0 Å². The van der Waals surface area contributed by atoms with Crippen LogP contribution in [0.3, 0.4) is 0 Å². The van der Waals surface area contributed by atoms with Gasteiger partial charge in [0.2, 0.25) is 0 Å². The second-order valence-corrected chi connectivity index (χ2v) is 6.09. The van der Waals surface area contributed by atoms with Crippen molar-refractivity contribution in [3.05, 3.63) is 0 Å². The summed E-state index contributed by atoms with van der Waals surface area (Å²) >= 11 is 0. The van der Waals surface area contributed by atoms with E-state index in [9.17, 15) is 5.11 Å². The van der Waals surface area contributed by atoms with Crippen molar-refractivity contribution in [1.82, 2.24) is 5.32 Å². The molecule has 106 valence electrons. The highest BCUT2D eigenvalue weighted by Crippen LogP contribution is 2.38. The van der Waals surface area contributed by atoms with Crippen molar-refractivity contribution >= 4 is 0 Å². The zero-order valence-corrected chi connectivity index (χ0v) is 11.8. The van der Waals surface area contributed by atoms with Gasteiger partial charge >= 0.3 is 0 Å². The van der Waals surface area contributed by atoms with E-state index in [1.807, 2.05) is 6.92 Å². The molecule has 1 heterocycles. The summed E-state index contributed by atoms with van der Waals surface area (Å²) in [6.45, 7) is 3.89. The van der Waals surface area contributed by atoms with Gasteiger partial charge in [0.25, 0.3) is 0 Å². The average molecular weight is 255 g/mol. The molecule has 2 unspecified atom stereocenters. The topological polar surface area (TPSA) is 41.5 Å². The van der Waals surface area contributed by atoms with Gasteiger partial charge < -0.3 is 15.2 Å². The molecule has 0 amide bonds. The molecule has 0 radical (unpaired) electrons. The normalized spacial score (nSPS) is 29.3. The van der Waals surface area contributed by atoms with E-state index < -0.39 is 0 Å². The number of ether oxygens (including phenoxy) is 1. The minimum absolute atomic E-state index is 0.138. The summed E-state index contributed by atoms with van der Waals surface area (Å²) < 4.78 is 6.10. The van der Waals surface area contributed by atoms with Crippen molar-refractivity contribution < 1.29 is 9.84 Å². The van der Waals surface area contributed by atoms with Gasteiger partial charge in [0, 0.05) is 12.6 Å². The van der Waals surface area contributed by atoms with Gasteiger partial charge in [-0.05, 0) is 45.1 Å². The molecule has 2 atom stereocenters. The van der Waals surface area contributed by atoms with E-state index in [1.165, 1.54) is 38.5 Å². The summed E-state index contributed by atoms with van der Waals surface area (Å²) in [5.41, 5.74) is 0.192. The van der Waals surface area contributed by atoms with Crippen molar-refractivity contribution in [2.24, 2.45) is 0 Å². The molecule has 2 N–H and O–H groups in total. The highest BCUT2D eigenvalue weighted by Gasteiger charge is 2.38. The van der Waals surface area contributed by atoms with E-state index in [-0.39, 0.29) is 11.7 Å². The smallest absolute Gasteiger partial charge is 0.0697 e. The Morgan fingerprint density at radius 1 is 1.33 bits per heavy atom. The van der Waals surface area contributed by atoms with Crippen LogP contribution in [-0.2, 0) is 4.74 Å². The van der Waals surface area contributed by atoms with E-state index in [4.69, 9.17) is 4.74 Å².